The fraction of sp³-hybridized carbons (Fsp3) is 0.923. The average Bonchev–Trinajstić information content (AvgIpc) is 2.88. The van der Waals surface area contributed by atoms with Gasteiger partial charge in [0.15, 0.2) is 5.78 Å². The maximum Gasteiger partial charge on any atom is 0.181 e. The van der Waals surface area contributed by atoms with E-state index in [1.165, 1.54) is 24.3 Å². The van der Waals surface area contributed by atoms with Crippen molar-refractivity contribution in [3.05, 3.63) is 0 Å². The van der Waals surface area contributed by atoms with Crippen molar-refractivity contribution in [2.24, 2.45) is 0 Å². The van der Waals surface area contributed by atoms with E-state index in [2.05, 4.69) is 9.80 Å². The number of nitrogens with zero attached hydrogens (tertiary/aromatic N) is 3. The maximum absolute atomic E-state index is 12.3. The Hall–Kier alpha value is -0.140. The molecule has 1 saturated carbocycles. The molecule has 2 atom stereocenters. The Morgan fingerprint density at radius 3 is 2.79 bits per heavy atom. The molecule has 5 nitrogen and oxygen atoms in total. The number of likely N-dealkylation sites (N-methyl/N-ethyl adjacent to an activating group) is 1. The molecule has 0 aromatic heterocycles. The largest absolute Gasteiger partial charge is 0.310 e. The highest BCUT2D eigenvalue weighted by Gasteiger charge is 2.46. The molecular formula is C13H23N3O2S. The molecule has 2 saturated heterocycles. The van der Waals surface area contributed by atoms with Crippen LogP contribution in [-0.4, -0.2) is 69.4 Å². The van der Waals surface area contributed by atoms with Crippen molar-refractivity contribution in [2.75, 3.05) is 25.9 Å². The smallest absolute Gasteiger partial charge is 0.181 e. The second-order valence-corrected chi connectivity index (χ2v) is 7.01. The van der Waals surface area contributed by atoms with E-state index in [4.69, 9.17) is 0 Å². The zero-order valence-electron chi connectivity index (χ0n) is 11.5. The minimum Gasteiger partial charge on any atom is -0.310 e. The molecular weight excluding hydrogens is 262 g/mol. The number of Topliss-reactive ketones (excluding diaryl/α,β-unsaturated/α-hetero) is 1. The number of rotatable bonds is 2. The highest BCUT2D eigenvalue weighted by Crippen LogP contribution is 2.33. The lowest BCUT2D eigenvalue weighted by Crippen LogP contribution is -2.64. The van der Waals surface area contributed by atoms with Crippen LogP contribution in [0.25, 0.3) is 0 Å². The van der Waals surface area contributed by atoms with Crippen molar-refractivity contribution in [1.29, 1.82) is 0 Å². The second kappa shape index (κ2) is 5.69. The summed E-state index contributed by atoms with van der Waals surface area (Å²) in [5.41, 5.74) is -0.0336. The van der Waals surface area contributed by atoms with Gasteiger partial charge in [-0.15, -0.1) is 16.8 Å². The van der Waals surface area contributed by atoms with Crippen molar-refractivity contribution < 1.29 is 10.0 Å². The second-order valence-electron chi connectivity index (χ2n) is 5.84. The number of carbonyl (C=O) groups excluding carboxylic acids is 1. The van der Waals surface area contributed by atoms with E-state index < -0.39 is 6.17 Å². The van der Waals surface area contributed by atoms with Crippen LogP contribution in [0.5, 0.6) is 0 Å². The van der Waals surface area contributed by atoms with Gasteiger partial charge in [0.25, 0.3) is 0 Å². The van der Waals surface area contributed by atoms with Crippen LogP contribution < -0.4 is 0 Å². The van der Waals surface area contributed by atoms with Crippen LogP contribution in [0, 0.1) is 0 Å². The molecule has 2 aliphatic heterocycles. The first-order chi connectivity index (χ1) is 9.18. The molecule has 0 radical (unpaired) electrons. The summed E-state index contributed by atoms with van der Waals surface area (Å²) in [6, 6.07) is 0.440. The van der Waals surface area contributed by atoms with Crippen molar-refractivity contribution in [3.8, 4) is 0 Å². The van der Waals surface area contributed by atoms with Crippen LogP contribution in [0.3, 0.4) is 0 Å². The molecule has 6 heteroatoms. The SMILES string of the molecule is CN(C1CCCCC1)C1C(=O)CN2CCSC2N1O. The Morgan fingerprint density at radius 1 is 1.32 bits per heavy atom. The normalized spacial score (nSPS) is 35.0. The van der Waals surface area contributed by atoms with Gasteiger partial charge in [-0.2, -0.15) is 0 Å². The third-order valence-corrected chi connectivity index (χ3v) is 5.85. The van der Waals surface area contributed by atoms with Gasteiger partial charge in [-0.05, 0) is 19.9 Å². The summed E-state index contributed by atoms with van der Waals surface area (Å²) in [6.07, 6.45) is 5.63. The number of thioether (sulfide) groups is 1. The lowest BCUT2D eigenvalue weighted by molar-refractivity contribution is -0.221. The summed E-state index contributed by atoms with van der Waals surface area (Å²) in [4.78, 5) is 16.5. The van der Waals surface area contributed by atoms with Crippen molar-refractivity contribution in [2.45, 2.75) is 49.8 Å². The molecule has 3 rings (SSSR count). The van der Waals surface area contributed by atoms with Crippen LogP contribution in [0.2, 0.25) is 0 Å². The van der Waals surface area contributed by atoms with E-state index in [1.54, 1.807) is 11.8 Å². The van der Waals surface area contributed by atoms with Gasteiger partial charge in [0, 0.05) is 18.3 Å². The molecule has 2 unspecified atom stereocenters. The van der Waals surface area contributed by atoms with Crippen molar-refractivity contribution in [1.82, 2.24) is 14.9 Å². The van der Waals surface area contributed by atoms with Gasteiger partial charge >= 0.3 is 0 Å². The first-order valence-corrected chi connectivity index (χ1v) is 8.31. The fourth-order valence-corrected chi connectivity index (χ4v) is 4.75. The number of ketones is 1. The minimum absolute atomic E-state index is 0.0336. The number of hydrogen-bond acceptors (Lipinski definition) is 6. The first kappa shape index (κ1) is 13.8. The molecule has 3 fully saturated rings. The maximum atomic E-state index is 12.3. The van der Waals surface area contributed by atoms with E-state index in [0.29, 0.717) is 12.6 Å². The van der Waals surface area contributed by atoms with Gasteiger partial charge in [-0.25, -0.2) is 0 Å². The highest BCUT2D eigenvalue weighted by molar-refractivity contribution is 8.00. The topological polar surface area (TPSA) is 47.0 Å². The molecule has 108 valence electrons. The van der Waals surface area contributed by atoms with Gasteiger partial charge in [-0.1, -0.05) is 19.3 Å². The molecule has 1 aliphatic carbocycles. The Labute approximate surface area is 118 Å². The number of carbonyl (C=O) groups is 1. The van der Waals surface area contributed by atoms with E-state index in [9.17, 15) is 10.0 Å². The third kappa shape index (κ3) is 2.56. The average molecular weight is 285 g/mol. The molecule has 0 amide bonds. The number of hydroxylamine groups is 2. The molecule has 3 aliphatic rings. The summed E-state index contributed by atoms with van der Waals surface area (Å²) < 4.78 is 0. The Bertz CT molecular complexity index is 349. The predicted octanol–water partition coefficient (Wildman–Crippen LogP) is 1.18. The molecule has 2 heterocycles. The van der Waals surface area contributed by atoms with Gasteiger partial charge in [0.05, 0.1) is 6.54 Å². The van der Waals surface area contributed by atoms with Crippen molar-refractivity contribution in [3.63, 3.8) is 0 Å². The summed E-state index contributed by atoms with van der Waals surface area (Å²) in [7, 11) is 2.00. The molecule has 0 aromatic carbocycles. The van der Waals surface area contributed by atoms with E-state index >= 15 is 0 Å². The van der Waals surface area contributed by atoms with Crippen LogP contribution in [0.1, 0.15) is 32.1 Å². The Morgan fingerprint density at radius 2 is 2.05 bits per heavy atom. The zero-order chi connectivity index (χ0) is 13.4. The van der Waals surface area contributed by atoms with E-state index in [0.717, 1.165) is 25.1 Å². The van der Waals surface area contributed by atoms with E-state index in [1.807, 2.05) is 7.05 Å². The fourth-order valence-electron chi connectivity index (χ4n) is 3.54. The van der Waals surface area contributed by atoms with E-state index in [-0.39, 0.29) is 11.3 Å². The van der Waals surface area contributed by atoms with Crippen LogP contribution in [0.15, 0.2) is 0 Å². The summed E-state index contributed by atoms with van der Waals surface area (Å²) in [5.74, 6) is 1.13. The summed E-state index contributed by atoms with van der Waals surface area (Å²) in [5, 5.41) is 11.7. The molecule has 0 spiro atoms. The van der Waals surface area contributed by atoms with Crippen LogP contribution in [-0.2, 0) is 4.79 Å². The standard InChI is InChI=1S/C13H23N3O2S/c1-14(10-5-3-2-4-6-10)12-11(17)9-15-7-8-19-13(15)16(12)18/h10,12-13,18H,2-9H2,1H3. The Balaban J connectivity index is 1.72. The first-order valence-electron chi connectivity index (χ1n) is 7.26. The van der Waals surface area contributed by atoms with Crippen LogP contribution in [0.4, 0.5) is 0 Å². The highest BCUT2D eigenvalue weighted by atomic mass is 32.2. The summed E-state index contributed by atoms with van der Waals surface area (Å²) in [6.45, 7) is 1.38. The lowest BCUT2D eigenvalue weighted by atomic mass is 9.94. The Kier molecular flexibility index (Phi) is 4.14. The predicted molar refractivity (Wildman–Crippen MR) is 74.9 cm³/mol. The van der Waals surface area contributed by atoms with Gasteiger partial charge in [0.1, 0.15) is 11.7 Å². The molecule has 1 N–H and O–H groups in total. The lowest BCUT2D eigenvalue weighted by Gasteiger charge is -2.45. The monoisotopic (exact) mass is 285 g/mol. The van der Waals surface area contributed by atoms with Crippen LogP contribution >= 0.6 is 11.8 Å². The number of fused-ring (bicyclic) bond motifs is 1. The summed E-state index contributed by atoms with van der Waals surface area (Å²) >= 11 is 1.73. The zero-order valence-corrected chi connectivity index (χ0v) is 12.3. The molecule has 0 aromatic rings. The number of hydrogen-bond donors (Lipinski definition) is 1. The van der Waals surface area contributed by atoms with Gasteiger partial charge in [0.2, 0.25) is 0 Å². The van der Waals surface area contributed by atoms with Gasteiger partial charge in [-0.3, -0.25) is 14.6 Å². The van der Waals surface area contributed by atoms with Gasteiger partial charge < -0.3 is 5.21 Å². The molecule has 19 heavy (non-hydrogen) atoms. The minimum atomic E-state index is -0.449. The quantitative estimate of drug-likeness (QED) is 0.822. The molecule has 0 bridgehead atoms. The van der Waals surface area contributed by atoms with Crippen molar-refractivity contribution >= 4 is 17.5 Å². The third-order valence-electron chi connectivity index (χ3n) is 4.62.